The first-order valence-corrected chi connectivity index (χ1v) is 9.93. The van der Waals surface area contributed by atoms with Gasteiger partial charge in [0, 0.05) is 30.4 Å². The second-order valence-electron chi connectivity index (χ2n) is 6.09. The smallest absolute Gasteiger partial charge is 0.269 e. The Morgan fingerprint density at radius 2 is 1.52 bits per heavy atom. The van der Waals surface area contributed by atoms with Gasteiger partial charge in [-0.3, -0.25) is 19.2 Å². The van der Waals surface area contributed by atoms with Crippen LogP contribution in [0, 0.1) is 10.1 Å². The lowest BCUT2D eigenvalue weighted by Crippen LogP contribution is -2.26. The highest BCUT2D eigenvalue weighted by Gasteiger charge is 2.21. The summed E-state index contributed by atoms with van der Waals surface area (Å²) in [6, 6.07) is 19.6. The Morgan fingerprint density at radius 1 is 0.931 bits per heavy atom. The lowest BCUT2D eigenvalue weighted by atomic mass is 10.2. The molecule has 29 heavy (non-hydrogen) atoms. The Labute approximate surface area is 167 Å². The minimum absolute atomic E-state index is 0.0807. The van der Waals surface area contributed by atoms with Gasteiger partial charge in [-0.25, -0.2) is 8.42 Å². The summed E-state index contributed by atoms with van der Waals surface area (Å²) in [7, 11) is -2.28. The van der Waals surface area contributed by atoms with E-state index in [9.17, 15) is 23.3 Å². The van der Waals surface area contributed by atoms with Crippen molar-refractivity contribution in [2.75, 3.05) is 16.7 Å². The van der Waals surface area contributed by atoms with Gasteiger partial charge < -0.3 is 5.32 Å². The molecule has 0 saturated heterocycles. The van der Waals surface area contributed by atoms with E-state index < -0.39 is 20.9 Å². The van der Waals surface area contributed by atoms with Crippen LogP contribution in [0.15, 0.2) is 83.8 Å². The van der Waals surface area contributed by atoms with Crippen molar-refractivity contribution in [3.63, 3.8) is 0 Å². The van der Waals surface area contributed by atoms with Crippen molar-refractivity contribution in [1.82, 2.24) is 0 Å². The van der Waals surface area contributed by atoms with Gasteiger partial charge in [0.05, 0.1) is 15.5 Å². The van der Waals surface area contributed by atoms with Gasteiger partial charge in [0.25, 0.3) is 21.6 Å². The van der Waals surface area contributed by atoms with E-state index in [1.807, 2.05) is 0 Å². The molecule has 148 valence electrons. The largest absolute Gasteiger partial charge is 0.322 e. The summed E-state index contributed by atoms with van der Waals surface area (Å²) < 4.78 is 26.7. The molecule has 0 aromatic heterocycles. The maximum absolute atomic E-state index is 12.8. The van der Waals surface area contributed by atoms with Crippen LogP contribution in [0.4, 0.5) is 17.1 Å². The highest BCUT2D eigenvalue weighted by atomic mass is 32.2. The maximum atomic E-state index is 12.8. The normalized spacial score (nSPS) is 10.9. The third-order valence-corrected chi connectivity index (χ3v) is 6.03. The molecule has 9 heteroatoms. The SMILES string of the molecule is CN(c1ccccc1)S(=O)(=O)c1ccc(NC(=O)c2ccc([N+](=O)[O-])cc2)cc1. The number of amides is 1. The average Bonchev–Trinajstić information content (AvgIpc) is 2.74. The molecule has 3 aromatic rings. The first-order chi connectivity index (χ1) is 13.8. The van der Waals surface area contributed by atoms with Crippen molar-refractivity contribution < 1.29 is 18.1 Å². The fourth-order valence-electron chi connectivity index (χ4n) is 2.58. The van der Waals surface area contributed by atoms with E-state index in [1.165, 1.54) is 59.9 Å². The molecule has 0 aliphatic heterocycles. The molecule has 3 aromatic carbocycles. The van der Waals surface area contributed by atoms with Gasteiger partial charge in [0.2, 0.25) is 0 Å². The maximum Gasteiger partial charge on any atom is 0.269 e. The number of para-hydroxylation sites is 1. The molecule has 0 radical (unpaired) electrons. The topological polar surface area (TPSA) is 110 Å². The van der Waals surface area contributed by atoms with Crippen molar-refractivity contribution in [3.8, 4) is 0 Å². The van der Waals surface area contributed by atoms with Crippen LogP contribution >= 0.6 is 0 Å². The zero-order valence-corrected chi connectivity index (χ0v) is 16.2. The average molecular weight is 411 g/mol. The van der Waals surface area contributed by atoms with Crippen LogP contribution < -0.4 is 9.62 Å². The molecular weight excluding hydrogens is 394 g/mol. The molecule has 1 amide bonds. The standard InChI is InChI=1S/C20H17N3O5S/c1-22(17-5-3-2-4-6-17)29(27,28)19-13-9-16(10-14-19)21-20(24)15-7-11-18(12-8-15)23(25)26/h2-14H,1H3,(H,21,24). The number of carbonyl (C=O) groups is 1. The van der Waals surface area contributed by atoms with E-state index in [4.69, 9.17) is 0 Å². The number of rotatable bonds is 6. The summed E-state index contributed by atoms with van der Waals surface area (Å²) in [5.41, 5.74) is 1.06. The Morgan fingerprint density at radius 3 is 2.07 bits per heavy atom. The quantitative estimate of drug-likeness (QED) is 0.492. The fraction of sp³-hybridized carbons (Fsp3) is 0.0500. The van der Waals surface area contributed by atoms with E-state index in [-0.39, 0.29) is 16.1 Å². The molecule has 0 saturated carbocycles. The van der Waals surface area contributed by atoms with Crippen molar-refractivity contribution in [2.45, 2.75) is 4.90 Å². The zero-order chi connectivity index (χ0) is 21.0. The lowest BCUT2D eigenvalue weighted by molar-refractivity contribution is -0.384. The van der Waals surface area contributed by atoms with Gasteiger partial charge in [-0.05, 0) is 48.5 Å². The number of nitrogens with one attached hydrogen (secondary N) is 1. The Bertz CT molecular complexity index is 1130. The summed E-state index contributed by atoms with van der Waals surface area (Å²) in [4.78, 5) is 22.5. The van der Waals surface area contributed by atoms with E-state index >= 15 is 0 Å². The van der Waals surface area contributed by atoms with Crippen LogP contribution in [0.3, 0.4) is 0 Å². The van der Waals surface area contributed by atoms with Gasteiger partial charge in [0.15, 0.2) is 0 Å². The van der Waals surface area contributed by atoms with Gasteiger partial charge in [-0.2, -0.15) is 0 Å². The van der Waals surface area contributed by atoms with E-state index in [2.05, 4.69) is 5.32 Å². The second kappa shape index (κ2) is 8.11. The van der Waals surface area contributed by atoms with Crippen molar-refractivity contribution >= 4 is 33.0 Å². The second-order valence-corrected chi connectivity index (χ2v) is 8.06. The Kier molecular flexibility index (Phi) is 5.60. The molecule has 0 spiro atoms. The van der Waals surface area contributed by atoms with Gasteiger partial charge in [0.1, 0.15) is 0 Å². The molecule has 0 aliphatic rings. The monoisotopic (exact) mass is 411 g/mol. The van der Waals surface area contributed by atoms with E-state index in [0.717, 1.165) is 0 Å². The molecule has 1 N–H and O–H groups in total. The first kappa shape index (κ1) is 20.0. The number of hydrogen-bond acceptors (Lipinski definition) is 5. The number of nitro groups is 1. The summed E-state index contributed by atoms with van der Waals surface area (Å²) in [5, 5.41) is 13.3. The van der Waals surface area contributed by atoms with Crippen molar-refractivity contribution in [2.24, 2.45) is 0 Å². The van der Waals surface area contributed by atoms with Crippen LogP contribution in [0.2, 0.25) is 0 Å². The Balaban J connectivity index is 1.74. The van der Waals surface area contributed by atoms with Crippen LogP contribution in [0.1, 0.15) is 10.4 Å². The van der Waals surface area contributed by atoms with Crippen LogP contribution in [0.25, 0.3) is 0 Å². The van der Waals surface area contributed by atoms with Crippen LogP contribution in [-0.2, 0) is 10.0 Å². The summed E-state index contributed by atoms with van der Waals surface area (Å²) in [6.07, 6.45) is 0. The molecule has 0 bridgehead atoms. The molecule has 0 heterocycles. The number of sulfonamides is 1. The minimum atomic E-state index is -3.75. The number of non-ortho nitro benzene ring substituents is 1. The molecule has 0 atom stereocenters. The predicted molar refractivity (Wildman–Crippen MR) is 110 cm³/mol. The number of carbonyl (C=O) groups excluding carboxylic acids is 1. The third kappa shape index (κ3) is 4.41. The number of benzene rings is 3. The number of nitro benzene ring substituents is 1. The highest BCUT2D eigenvalue weighted by molar-refractivity contribution is 7.92. The minimum Gasteiger partial charge on any atom is -0.322 e. The number of hydrogen-bond donors (Lipinski definition) is 1. The third-order valence-electron chi connectivity index (χ3n) is 4.23. The molecule has 8 nitrogen and oxygen atoms in total. The van der Waals surface area contributed by atoms with Crippen LogP contribution in [-0.4, -0.2) is 26.3 Å². The van der Waals surface area contributed by atoms with Gasteiger partial charge >= 0.3 is 0 Å². The summed E-state index contributed by atoms with van der Waals surface area (Å²) in [6.45, 7) is 0. The van der Waals surface area contributed by atoms with Crippen molar-refractivity contribution in [3.05, 3.63) is 94.5 Å². The van der Waals surface area contributed by atoms with Gasteiger partial charge in [-0.15, -0.1) is 0 Å². The van der Waals surface area contributed by atoms with E-state index in [1.54, 1.807) is 30.3 Å². The molecule has 0 unspecified atom stereocenters. The Hall–Kier alpha value is -3.72. The molecule has 3 rings (SSSR count). The molecule has 0 fully saturated rings. The molecular formula is C20H17N3O5S. The predicted octanol–water partition coefficient (Wildman–Crippen LogP) is 3.67. The van der Waals surface area contributed by atoms with E-state index in [0.29, 0.717) is 11.4 Å². The lowest BCUT2D eigenvalue weighted by Gasteiger charge is -2.19. The first-order valence-electron chi connectivity index (χ1n) is 8.49. The number of anilines is 2. The summed E-state index contributed by atoms with van der Waals surface area (Å²) in [5.74, 6) is -0.461. The highest BCUT2D eigenvalue weighted by Crippen LogP contribution is 2.23. The number of nitrogens with zero attached hydrogens (tertiary/aromatic N) is 2. The summed E-state index contributed by atoms with van der Waals surface area (Å²) >= 11 is 0. The fourth-order valence-corrected chi connectivity index (χ4v) is 3.78. The van der Waals surface area contributed by atoms with Gasteiger partial charge in [-0.1, -0.05) is 18.2 Å². The molecule has 0 aliphatic carbocycles. The van der Waals surface area contributed by atoms with Crippen LogP contribution in [0.5, 0.6) is 0 Å². The zero-order valence-electron chi connectivity index (χ0n) is 15.3. The van der Waals surface area contributed by atoms with Crippen molar-refractivity contribution in [1.29, 1.82) is 0 Å².